The zero-order chi connectivity index (χ0) is 37.9. The van der Waals surface area contributed by atoms with E-state index in [0.29, 0.717) is 0 Å². The molecule has 58 heavy (non-hydrogen) atoms. The molecule has 270 valence electrons. The summed E-state index contributed by atoms with van der Waals surface area (Å²) in [6.45, 7) is 0. The van der Waals surface area contributed by atoms with Crippen LogP contribution in [0, 0.1) is 0 Å². The molecule has 4 heterocycles. The fraction of sp³-hybridized carbons (Fsp3) is 0. The lowest BCUT2D eigenvalue weighted by atomic mass is 10.0. The molecule has 0 fully saturated rings. The molecule has 0 aliphatic heterocycles. The average Bonchev–Trinajstić information content (AvgIpc) is 4.01. The van der Waals surface area contributed by atoms with E-state index in [0.717, 1.165) is 11.4 Å². The van der Waals surface area contributed by atoms with Gasteiger partial charge in [-0.2, -0.15) is 0 Å². The van der Waals surface area contributed by atoms with Crippen molar-refractivity contribution in [2.45, 2.75) is 0 Å². The first-order chi connectivity index (χ1) is 28.8. The van der Waals surface area contributed by atoms with E-state index in [1.807, 2.05) is 11.3 Å². The lowest BCUT2D eigenvalue weighted by molar-refractivity contribution is 1.16. The predicted octanol–water partition coefficient (Wildman–Crippen LogP) is 15.0. The molecule has 9 aromatic carbocycles. The van der Waals surface area contributed by atoms with Gasteiger partial charge in [-0.1, -0.05) is 109 Å². The zero-order valence-electron chi connectivity index (χ0n) is 31.3. The minimum Gasteiger partial charge on any atom is -0.309 e. The van der Waals surface area contributed by atoms with Crippen molar-refractivity contribution in [1.82, 2.24) is 13.7 Å². The molecule has 0 amide bonds. The van der Waals surface area contributed by atoms with Gasteiger partial charge in [-0.25, -0.2) is 0 Å². The average molecular weight is 756 g/mol. The van der Waals surface area contributed by atoms with E-state index in [1.165, 1.54) is 102 Å². The SMILES string of the molecule is c1ccc(-n2c3ccc(-c4ccc5c6cc7c8ccccc8n(-c8ccccc8)c7cc6n(-c6ccccc6)c5c4)cc3c3cc4c(cc32)sc2ccccc24)cc1. The number of para-hydroxylation sites is 4. The topological polar surface area (TPSA) is 14.8 Å². The molecule has 0 atom stereocenters. The Morgan fingerprint density at radius 1 is 0.241 bits per heavy atom. The van der Waals surface area contributed by atoms with Crippen LogP contribution in [0.15, 0.2) is 200 Å². The standard InChI is InChI=1S/C54H33N3S/c1-4-14-36(15-5-1)55-47-22-12-10-20-39(47)43-30-44-40-26-24-35(29-49(40)57(51(44)32-50(43)55)38-18-8-3-9-19-38)34-25-27-48-42(28-34)45-31-46-41-21-11-13-23-53(41)58-54(46)33-52(45)56(48)37-16-6-2-7-17-37/h1-33H. The summed E-state index contributed by atoms with van der Waals surface area (Å²) in [6, 6.07) is 73.7. The van der Waals surface area contributed by atoms with Crippen molar-refractivity contribution in [2.24, 2.45) is 0 Å². The van der Waals surface area contributed by atoms with Gasteiger partial charge in [0, 0.05) is 69.6 Å². The summed E-state index contributed by atoms with van der Waals surface area (Å²) in [7, 11) is 0. The van der Waals surface area contributed by atoms with E-state index in [4.69, 9.17) is 0 Å². The summed E-state index contributed by atoms with van der Waals surface area (Å²) in [5, 5.41) is 10.2. The largest absolute Gasteiger partial charge is 0.309 e. The molecule has 0 aliphatic rings. The summed E-state index contributed by atoms with van der Waals surface area (Å²) in [4.78, 5) is 0. The summed E-state index contributed by atoms with van der Waals surface area (Å²) >= 11 is 1.88. The van der Waals surface area contributed by atoms with Gasteiger partial charge in [0.1, 0.15) is 0 Å². The first kappa shape index (κ1) is 31.8. The Morgan fingerprint density at radius 3 is 1.38 bits per heavy atom. The fourth-order valence-electron chi connectivity index (χ4n) is 9.64. The van der Waals surface area contributed by atoms with Crippen LogP contribution in [0.1, 0.15) is 0 Å². The Labute approximate surface area is 337 Å². The molecule has 3 nitrogen and oxygen atoms in total. The van der Waals surface area contributed by atoms with E-state index >= 15 is 0 Å². The maximum absolute atomic E-state index is 2.46. The maximum atomic E-state index is 2.46. The number of aromatic nitrogens is 3. The number of hydrogen-bond donors (Lipinski definition) is 0. The van der Waals surface area contributed by atoms with Crippen molar-refractivity contribution in [3.05, 3.63) is 200 Å². The normalized spacial score (nSPS) is 12.1. The van der Waals surface area contributed by atoms with E-state index in [2.05, 4.69) is 214 Å². The van der Waals surface area contributed by atoms with Gasteiger partial charge in [0.2, 0.25) is 0 Å². The molecular formula is C54H33N3S. The number of fused-ring (bicyclic) bond motifs is 12. The van der Waals surface area contributed by atoms with Gasteiger partial charge < -0.3 is 13.7 Å². The molecule has 0 spiro atoms. The minimum absolute atomic E-state index is 1.15. The van der Waals surface area contributed by atoms with Gasteiger partial charge in [-0.15, -0.1) is 11.3 Å². The molecule has 4 aromatic heterocycles. The van der Waals surface area contributed by atoms with Crippen molar-refractivity contribution in [1.29, 1.82) is 0 Å². The quantitative estimate of drug-likeness (QED) is 0.170. The van der Waals surface area contributed by atoms with E-state index < -0.39 is 0 Å². The van der Waals surface area contributed by atoms with Crippen LogP contribution in [0.3, 0.4) is 0 Å². The van der Waals surface area contributed by atoms with Crippen LogP contribution in [0.5, 0.6) is 0 Å². The maximum Gasteiger partial charge on any atom is 0.0562 e. The van der Waals surface area contributed by atoms with Gasteiger partial charge in [-0.3, -0.25) is 0 Å². The first-order valence-corrected chi connectivity index (χ1v) is 20.7. The highest BCUT2D eigenvalue weighted by atomic mass is 32.1. The summed E-state index contributed by atoms with van der Waals surface area (Å²) < 4.78 is 9.94. The number of rotatable bonds is 4. The highest BCUT2D eigenvalue weighted by Crippen LogP contribution is 2.44. The van der Waals surface area contributed by atoms with E-state index in [-0.39, 0.29) is 0 Å². The van der Waals surface area contributed by atoms with E-state index in [9.17, 15) is 0 Å². The Hall–Kier alpha value is -7.40. The second-order valence-corrected chi connectivity index (χ2v) is 16.4. The van der Waals surface area contributed by atoms with Crippen molar-refractivity contribution in [3.8, 4) is 28.2 Å². The van der Waals surface area contributed by atoms with Gasteiger partial charge in [0.05, 0.1) is 33.1 Å². The molecule has 0 unspecified atom stereocenters. The summed E-state index contributed by atoms with van der Waals surface area (Å²) in [5.74, 6) is 0. The number of benzene rings is 9. The summed E-state index contributed by atoms with van der Waals surface area (Å²) in [5.41, 5.74) is 13.1. The Kier molecular flexibility index (Phi) is 6.60. The second kappa shape index (κ2) is 12.1. The third-order valence-electron chi connectivity index (χ3n) is 12.2. The molecule has 0 saturated carbocycles. The van der Waals surface area contributed by atoms with Crippen molar-refractivity contribution >= 4 is 96.9 Å². The van der Waals surface area contributed by atoms with Crippen LogP contribution >= 0.6 is 11.3 Å². The Bertz CT molecular complexity index is 3770. The highest BCUT2D eigenvalue weighted by Gasteiger charge is 2.20. The molecule has 13 rings (SSSR count). The van der Waals surface area contributed by atoms with Gasteiger partial charge >= 0.3 is 0 Å². The molecule has 0 N–H and O–H groups in total. The monoisotopic (exact) mass is 755 g/mol. The molecule has 0 aliphatic carbocycles. The molecular weight excluding hydrogens is 723 g/mol. The van der Waals surface area contributed by atoms with Crippen LogP contribution in [-0.2, 0) is 0 Å². The lowest BCUT2D eigenvalue weighted by Gasteiger charge is -2.11. The van der Waals surface area contributed by atoms with Crippen LogP contribution in [0.4, 0.5) is 0 Å². The smallest absolute Gasteiger partial charge is 0.0562 e. The summed E-state index contributed by atoms with van der Waals surface area (Å²) in [6.07, 6.45) is 0. The second-order valence-electron chi connectivity index (χ2n) is 15.3. The molecule has 4 heteroatoms. The van der Waals surface area contributed by atoms with Crippen LogP contribution in [0.2, 0.25) is 0 Å². The molecule has 0 saturated heterocycles. The fourth-order valence-corrected chi connectivity index (χ4v) is 10.8. The van der Waals surface area contributed by atoms with Gasteiger partial charge in [-0.05, 0) is 102 Å². The lowest BCUT2D eigenvalue weighted by Crippen LogP contribution is -1.95. The van der Waals surface area contributed by atoms with Gasteiger partial charge in [0.25, 0.3) is 0 Å². The zero-order valence-corrected chi connectivity index (χ0v) is 32.1. The van der Waals surface area contributed by atoms with Gasteiger partial charge in [0.15, 0.2) is 0 Å². The number of nitrogens with zero attached hydrogens (tertiary/aromatic N) is 3. The Balaban J connectivity index is 1.08. The van der Waals surface area contributed by atoms with Crippen LogP contribution in [-0.4, -0.2) is 13.7 Å². The Morgan fingerprint density at radius 2 is 0.690 bits per heavy atom. The predicted molar refractivity (Wildman–Crippen MR) is 248 cm³/mol. The number of hydrogen-bond acceptors (Lipinski definition) is 1. The highest BCUT2D eigenvalue weighted by molar-refractivity contribution is 7.25. The third kappa shape index (κ3) is 4.49. The number of thiophene rings is 1. The van der Waals surface area contributed by atoms with E-state index in [1.54, 1.807) is 0 Å². The molecule has 0 bridgehead atoms. The minimum atomic E-state index is 1.15. The first-order valence-electron chi connectivity index (χ1n) is 19.8. The van der Waals surface area contributed by atoms with Crippen LogP contribution in [0.25, 0.3) is 114 Å². The van der Waals surface area contributed by atoms with Crippen molar-refractivity contribution in [3.63, 3.8) is 0 Å². The van der Waals surface area contributed by atoms with Crippen LogP contribution < -0.4 is 0 Å². The third-order valence-corrected chi connectivity index (χ3v) is 13.3. The van der Waals surface area contributed by atoms with Crippen molar-refractivity contribution < 1.29 is 0 Å². The molecule has 0 radical (unpaired) electrons. The molecule has 13 aromatic rings. The van der Waals surface area contributed by atoms with Crippen molar-refractivity contribution in [2.75, 3.05) is 0 Å².